The van der Waals surface area contributed by atoms with Gasteiger partial charge in [-0.1, -0.05) is 11.6 Å². The molecule has 0 saturated carbocycles. The number of nitrogens with one attached hydrogen (secondary N) is 1. The Morgan fingerprint density at radius 2 is 2.04 bits per heavy atom. The first-order chi connectivity index (χ1) is 12.5. The number of aromatic nitrogens is 3. The van der Waals surface area contributed by atoms with Crippen LogP contribution in [0.4, 0.5) is 5.82 Å². The molecule has 1 amide bonds. The van der Waals surface area contributed by atoms with E-state index in [0.717, 1.165) is 53.4 Å². The Kier molecular flexibility index (Phi) is 4.03. The first kappa shape index (κ1) is 16.4. The van der Waals surface area contributed by atoms with Gasteiger partial charge in [0.1, 0.15) is 0 Å². The molecule has 0 radical (unpaired) electrons. The Morgan fingerprint density at radius 1 is 1.23 bits per heavy atom. The Balaban J connectivity index is 1.88. The SMILES string of the molecule is Cc1ccc2nc3c(c(C(=O)Nc4nccn(C)c4=O)c2c1)CCCC3. The van der Waals surface area contributed by atoms with Crippen molar-refractivity contribution in [1.29, 1.82) is 0 Å². The Morgan fingerprint density at radius 3 is 2.88 bits per heavy atom. The van der Waals surface area contributed by atoms with E-state index >= 15 is 0 Å². The van der Waals surface area contributed by atoms with Gasteiger partial charge in [0.25, 0.3) is 11.5 Å². The van der Waals surface area contributed by atoms with Crippen LogP contribution >= 0.6 is 0 Å². The van der Waals surface area contributed by atoms with Crippen molar-refractivity contribution >= 4 is 22.6 Å². The minimum Gasteiger partial charge on any atom is -0.314 e. The van der Waals surface area contributed by atoms with Crippen molar-refractivity contribution in [2.45, 2.75) is 32.6 Å². The smallest absolute Gasteiger partial charge is 0.293 e. The van der Waals surface area contributed by atoms with Crippen molar-refractivity contribution in [3.63, 3.8) is 0 Å². The molecule has 0 atom stereocenters. The monoisotopic (exact) mass is 348 g/mol. The maximum Gasteiger partial charge on any atom is 0.293 e. The Labute approximate surface area is 150 Å². The zero-order chi connectivity index (χ0) is 18.3. The van der Waals surface area contributed by atoms with Crippen molar-refractivity contribution in [1.82, 2.24) is 14.5 Å². The maximum absolute atomic E-state index is 13.1. The van der Waals surface area contributed by atoms with Crippen LogP contribution in [0.15, 0.2) is 35.4 Å². The van der Waals surface area contributed by atoms with Crippen LogP contribution in [0.5, 0.6) is 0 Å². The van der Waals surface area contributed by atoms with E-state index in [4.69, 9.17) is 4.98 Å². The van der Waals surface area contributed by atoms with Crippen molar-refractivity contribution < 1.29 is 4.79 Å². The lowest BCUT2D eigenvalue weighted by Crippen LogP contribution is -2.26. The second-order valence-corrected chi connectivity index (χ2v) is 6.79. The highest BCUT2D eigenvalue weighted by atomic mass is 16.2. The fourth-order valence-electron chi connectivity index (χ4n) is 3.55. The topological polar surface area (TPSA) is 76.9 Å². The van der Waals surface area contributed by atoms with Gasteiger partial charge in [0, 0.05) is 30.5 Å². The molecule has 0 bridgehead atoms. The molecule has 0 spiro atoms. The highest BCUT2D eigenvalue weighted by molar-refractivity contribution is 6.13. The van der Waals surface area contributed by atoms with E-state index in [1.54, 1.807) is 13.2 Å². The van der Waals surface area contributed by atoms with E-state index in [2.05, 4.69) is 10.3 Å². The Hall–Kier alpha value is -3.02. The van der Waals surface area contributed by atoms with Crippen molar-refractivity contribution in [3.8, 4) is 0 Å². The fraction of sp³-hybridized carbons (Fsp3) is 0.300. The standard InChI is InChI=1S/C20H20N4O2/c1-12-7-8-16-14(11-12)17(13-5-3-4-6-15(13)22-16)19(25)23-18-20(26)24(2)10-9-21-18/h7-11H,3-6H2,1-2H3,(H,21,23,25). The number of benzene rings is 1. The van der Waals surface area contributed by atoms with Gasteiger partial charge >= 0.3 is 0 Å². The summed E-state index contributed by atoms with van der Waals surface area (Å²) in [5.41, 5.74) is 4.17. The maximum atomic E-state index is 13.1. The van der Waals surface area contributed by atoms with Crippen molar-refractivity contribution in [2.75, 3.05) is 5.32 Å². The van der Waals surface area contributed by atoms with Gasteiger partial charge in [0.15, 0.2) is 5.82 Å². The fourth-order valence-corrected chi connectivity index (χ4v) is 3.55. The first-order valence-electron chi connectivity index (χ1n) is 8.79. The van der Waals surface area contributed by atoms with E-state index in [0.29, 0.717) is 5.56 Å². The van der Waals surface area contributed by atoms with Crippen LogP contribution in [0.3, 0.4) is 0 Å². The molecule has 26 heavy (non-hydrogen) atoms. The molecule has 3 aromatic rings. The van der Waals surface area contributed by atoms with Crippen LogP contribution < -0.4 is 10.9 Å². The third kappa shape index (κ3) is 2.77. The molecule has 1 aliphatic carbocycles. The van der Waals surface area contributed by atoms with Gasteiger partial charge in [-0.25, -0.2) is 4.98 Å². The normalized spacial score (nSPS) is 13.5. The summed E-state index contributed by atoms with van der Waals surface area (Å²) in [6.45, 7) is 2.00. The number of hydrogen-bond acceptors (Lipinski definition) is 4. The zero-order valence-electron chi connectivity index (χ0n) is 14.9. The predicted molar refractivity (Wildman–Crippen MR) is 101 cm³/mol. The molecular weight excluding hydrogens is 328 g/mol. The number of nitrogens with zero attached hydrogens (tertiary/aromatic N) is 3. The molecule has 2 heterocycles. The molecule has 132 valence electrons. The second-order valence-electron chi connectivity index (χ2n) is 6.79. The highest BCUT2D eigenvalue weighted by Gasteiger charge is 2.23. The van der Waals surface area contributed by atoms with Gasteiger partial charge < -0.3 is 9.88 Å². The average molecular weight is 348 g/mol. The first-order valence-corrected chi connectivity index (χ1v) is 8.79. The van der Waals surface area contributed by atoms with Gasteiger partial charge in [-0.15, -0.1) is 0 Å². The minimum atomic E-state index is -0.329. The van der Waals surface area contributed by atoms with E-state index in [-0.39, 0.29) is 17.3 Å². The summed E-state index contributed by atoms with van der Waals surface area (Å²) < 4.78 is 1.40. The number of fused-ring (bicyclic) bond motifs is 2. The van der Waals surface area contributed by atoms with Gasteiger partial charge in [0.2, 0.25) is 0 Å². The lowest BCUT2D eigenvalue weighted by molar-refractivity contribution is 0.102. The quantitative estimate of drug-likeness (QED) is 0.772. The van der Waals surface area contributed by atoms with Crippen molar-refractivity contribution in [2.24, 2.45) is 7.05 Å². The van der Waals surface area contributed by atoms with E-state index in [1.807, 2.05) is 25.1 Å². The zero-order valence-corrected chi connectivity index (χ0v) is 14.9. The molecule has 6 nitrogen and oxygen atoms in total. The van der Waals surface area contributed by atoms with Crippen molar-refractivity contribution in [3.05, 3.63) is 63.3 Å². The lowest BCUT2D eigenvalue weighted by atomic mass is 9.89. The molecule has 1 N–H and O–H groups in total. The second kappa shape index (κ2) is 6.37. The Bertz CT molecular complexity index is 1090. The van der Waals surface area contributed by atoms with Crippen LogP contribution in [-0.4, -0.2) is 20.4 Å². The number of hydrogen-bond donors (Lipinski definition) is 1. The summed E-state index contributed by atoms with van der Waals surface area (Å²) in [4.78, 5) is 34.2. The molecule has 6 heteroatoms. The van der Waals surface area contributed by atoms with Crippen LogP contribution in [-0.2, 0) is 19.9 Å². The largest absolute Gasteiger partial charge is 0.314 e. The predicted octanol–water partition coefficient (Wildman–Crippen LogP) is 2.77. The molecule has 4 rings (SSSR count). The van der Waals surface area contributed by atoms with Crippen LogP contribution in [0, 0.1) is 6.92 Å². The van der Waals surface area contributed by atoms with Crippen LogP contribution in [0.1, 0.15) is 40.0 Å². The third-order valence-electron chi connectivity index (χ3n) is 4.89. The summed E-state index contributed by atoms with van der Waals surface area (Å²) in [6, 6.07) is 5.94. The van der Waals surface area contributed by atoms with Crippen LogP contribution in [0.25, 0.3) is 10.9 Å². The van der Waals surface area contributed by atoms with E-state index < -0.39 is 0 Å². The molecule has 0 fully saturated rings. The highest BCUT2D eigenvalue weighted by Crippen LogP contribution is 2.30. The number of carbonyl (C=O) groups excluding carboxylic acids is 1. The number of amides is 1. The summed E-state index contributed by atoms with van der Waals surface area (Å²) in [6.07, 6.45) is 6.89. The molecule has 0 saturated heterocycles. The molecule has 0 unspecified atom stereocenters. The summed E-state index contributed by atoms with van der Waals surface area (Å²) in [7, 11) is 1.63. The number of anilines is 1. The van der Waals surface area contributed by atoms with E-state index in [9.17, 15) is 9.59 Å². The summed E-state index contributed by atoms with van der Waals surface area (Å²) >= 11 is 0. The molecule has 1 aliphatic rings. The van der Waals surface area contributed by atoms with Gasteiger partial charge in [-0.05, 0) is 50.3 Å². The molecular formula is C20H20N4O2. The summed E-state index contributed by atoms with van der Waals surface area (Å²) in [5.74, 6) is -0.251. The van der Waals surface area contributed by atoms with E-state index in [1.165, 1.54) is 10.8 Å². The summed E-state index contributed by atoms with van der Waals surface area (Å²) in [5, 5.41) is 3.55. The minimum absolute atomic E-state index is 0.0437. The van der Waals surface area contributed by atoms with Gasteiger partial charge in [-0.2, -0.15) is 0 Å². The number of aryl methyl sites for hydroxylation is 3. The lowest BCUT2D eigenvalue weighted by Gasteiger charge is -2.20. The number of pyridine rings is 1. The number of carbonyl (C=O) groups is 1. The van der Waals surface area contributed by atoms with Gasteiger partial charge in [-0.3, -0.25) is 14.6 Å². The number of rotatable bonds is 2. The van der Waals surface area contributed by atoms with Crippen LogP contribution in [0.2, 0.25) is 0 Å². The molecule has 1 aromatic carbocycles. The average Bonchev–Trinajstić information content (AvgIpc) is 2.63. The molecule has 0 aliphatic heterocycles. The molecule has 2 aromatic heterocycles. The third-order valence-corrected chi connectivity index (χ3v) is 4.89. The van der Waals surface area contributed by atoms with Gasteiger partial charge in [0.05, 0.1) is 11.1 Å².